The Kier molecular flexibility index (Phi) is 26.0. The molecule has 3 aromatic heterocycles. The molecule has 3 N–H and O–H groups in total. The van der Waals surface area contributed by atoms with Crippen LogP contribution in [0, 0.1) is 45.0 Å². The zero-order valence-corrected chi connectivity index (χ0v) is 57.9. The summed E-state index contributed by atoms with van der Waals surface area (Å²) in [7, 11) is 0. The van der Waals surface area contributed by atoms with Crippen molar-refractivity contribution in [1.82, 2.24) is 29.9 Å². The number of halogens is 11. The molecule has 3 unspecified atom stereocenters. The average Bonchev–Trinajstić information content (AvgIpc) is 0.802. The van der Waals surface area contributed by atoms with Gasteiger partial charge in [0, 0.05) is 97.8 Å². The summed E-state index contributed by atoms with van der Waals surface area (Å²) < 4.78 is 185. The molecule has 32 heteroatoms. The number of nitrogens with one attached hydrogen (secondary N) is 3. The van der Waals surface area contributed by atoms with Gasteiger partial charge in [-0.3, -0.25) is 9.59 Å². The van der Waals surface area contributed by atoms with Crippen LogP contribution >= 0.6 is 0 Å². The molecule has 3 aromatic carbocycles. The number of nitriles is 1. The normalized spacial score (nSPS) is 20.5. The van der Waals surface area contributed by atoms with E-state index in [4.69, 9.17) is 28.4 Å². The Hall–Kier alpha value is -8.48. The third kappa shape index (κ3) is 19.0. The minimum absolute atomic E-state index is 0.00790. The van der Waals surface area contributed by atoms with E-state index in [1.165, 1.54) is 62.3 Å². The van der Waals surface area contributed by atoms with Gasteiger partial charge in [0.25, 0.3) is 5.92 Å². The van der Waals surface area contributed by atoms with E-state index in [9.17, 15) is 50.0 Å². The van der Waals surface area contributed by atoms with E-state index in [1.54, 1.807) is 26.8 Å². The standard InChI is InChI=1S/C26H32F4N4O3.C23H26F4N4O3.C23H26F3N5O2/c1-2-3-4-21(35)25(9-12-36-13-10-25)16-31-23-22(27)24(33-17-32-23)34-11-14-37-15-20(34)18-5-7-19(8-6-18)26(28,29)30;1-15(32)22(6-9-33-10-7-22)13-28-20-19(24)21(30-14-29-20)31-8-11-34-12-18(31)16-2-4-17(5-3-16)23(25,26)27;1-22(25,26)17-4-2-16(3-5-17)18-12-33-11-8-31(18)21-19(24)20(29-15-30-21)28-14-23(13-27)6-9-32-10-7-23/h5-8,17,20H,2-4,9-16H2,1H3,(H,31,32,33);2-5,14,18H,6-13H2,1H3,(H,28,29,30);2-5,15,18H,6-12,14H2,1H3,(H,28,29,30). The molecule has 9 heterocycles. The number of hydrogen-bond donors (Lipinski definition) is 3. The third-order valence-corrected chi connectivity index (χ3v) is 20.0. The molecule has 0 amide bonds. The molecule has 6 saturated heterocycles. The van der Waals surface area contributed by atoms with Crippen LogP contribution in [0.25, 0.3) is 0 Å². The molecule has 6 aliphatic rings. The first-order chi connectivity index (χ1) is 49.8. The summed E-state index contributed by atoms with van der Waals surface area (Å²) in [5.41, 5.74) is -1.71. The van der Waals surface area contributed by atoms with Gasteiger partial charge in [-0.15, -0.1) is 0 Å². The largest absolute Gasteiger partial charge is 0.416 e. The predicted molar refractivity (Wildman–Crippen MR) is 361 cm³/mol. The van der Waals surface area contributed by atoms with Gasteiger partial charge >= 0.3 is 12.4 Å². The Bertz CT molecular complexity index is 3850. The number of anilines is 6. The second-order valence-electron chi connectivity index (χ2n) is 26.6. The van der Waals surface area contributed by atoms with Crippen LogP contribution < -0.4 is 30.7 Å². The topological polar surface area (TPSA) is 236 Å². The first-order valence-corrected chi connectivity index (χ1v) is 34.6. The highest BCUT2D eigenvalue weighted by atomic mass is 19.4. The van der Waals surface area contributed by atoms with Crippen LogP contribution in [0.4, 0.5) is 83.2 Å². The number of alkyl halides is 8. The molecular formula is C72H84F11N13O8. The summed E-state index contributed by atoms with van der Waals surface area (Å²) in [6.07, 6.45) is 0.359. The Labute approximate surface area is 594 Å². The molecule has 12 rings (SSSR count). The minimum atomic E-state index is -4.44. The first kappa shape index (κ1) is 78.1. The van der Waals surface area contributed by atoms with E-state index in [0.717, 1.165) is 49.6 Å². The average molecular weight is 1470 g/mol. The van der Waals surface area contributed by atoms with Gasteiger partial charge in [0.05, 0.1) is 91.2 Å². The lowest BCUT2D eigenvalue weighted by atomic mass is 9.74. The second-order valence-corrected chi connectivity index (χ2v) is 26.6. The molecule has 0 radical (unpaired) electrons. The smallest absolute Gasteiger partial charge is 0.381 e. The van der Waals surface area contributed by atoms with Gasteiger partial charge in [-0.05, 0) is 92.8 Å². The number of Topliss-reactive ketones (excluding diaryl/α,β-unsaturated/α-hetero) is 2. The summed E-state index contributed by atoms with van der Waals surface area (Å²) in [6.45, 7) is 10.6. The van der Waals surface area contributed by atoms with Crippen molar-refractivity contribution in [3.63, 3.8) is 0 Å². The van der Waals surface area contributed by atoms with Crippen molar-refractivity contribution < 1.29 is 86.3 Å². The molecule has 6 aliphatic heterocycles. The zero-order valence-electron chi connectivity index (χ0n) is 57.9. The fraction of sp³-hybridized carbons (Fsp3) is 0.542. The number of carbonyl (C=O) groups is 2. The van der Waals surface area contributed by atoms with Crippen molar-refractivity contribution in [2.45, 2.75) is 115 Å². The summed E-state index contributed by atoms with van der Waals surface area (Å²) in [6, 6.07) is 16.4. The highest BCUT2D eigenvalue weighted by Crippen LogP contribution is 2.42. The number of hydrogen-bond acceptors (Lipinski definition) is 21. The summed E-state index contributed by atoms with van der Waals surface area (Å²) in [5, 5.41) is 18.7. The molecule has 0 saturated carbocycles. The van der Waals surface area contributed by atoms with E-state index in [1.807, 2.05) is 6.92 Å². The number of aromatic nitrogens is 6. The summed E-state index contributed by atoms with van der Waals surface area (Å²) >= 11 is 0. The second kappa shape index (κ2) is 34.6. The van der Waals surface area contributed by atoms with E-state index < -0.39 is 81.2 Å². The first-order valence-electron chi connectivity index (χ1n) is 34.6. The molecule has 0 spiro atoms. The van der Waals surface area contributed by atoms with Crippen LogP contribution in [-0.2, 0) is 56.3 Å². The number of nitrogens with zero attached hydrogens (tertiary/aromatic N) is 10. The van der Waals surface area contributed by atoms with Gasteiger partial charge in [0.2, 0.25) is 17.5 Å². The highest BCUT2D eigenvalue weighted by molar-refractivity contribution is 5.85. The lowest BCUT2D eigenvalue weighted by Crippen LogP contribution is -2.43. The predicted octanol–water partition coefficient (Wildman–Crippen LogP) is 13.2. The SMILES string of the molecule is CC(=O)C1(CNc2ncnc(N3CCOCC3c3ccc(C(F)(F)F)cc3)c2F)CCOCC1.CC(F)(F)c1ccc(C2COCCN2c2ncnc(NCC3(C#N)CCOCC3)c2F)cc1.CCCCC(=O)C1(CNc2ncnc(N3CCOCC3c3ccc(C(F)(F)F)cc3)c2F)CCOCC1. The summed E-state index contributed by atoms with van der Waals surface area (Å²) in [5.74, 6) is -4.64. The van der Waals surface area contributed by atoms with Crippen molar-refractivity contribution in [3.8, 4) is 6.07 Å². The van der Waals surface area contributed by atoms with Gasteiger partial charge in [-0.1, -0.05) is 61.9 Å². The number of carbonyl (C=O) groups excluding carboxylic acids is 2. The van der Waals surface area contributed by atoms with Gasteiger partial charge < -0.3 is 59.1 Å². The van der Waals surface area contributed by atoms with Crippen LogP contribution in [0.15, 0.2) is 91.8 Å². The maximum Gasteiger partial charge on any atom is 0.416 e. The quantitative estimate of drug-likeness (QED) is 0.0568. The van der Waals surface area contributed by atoms with E-state index in [0.29, 0.717) is 135 Å². The van der Waals surface area contributed by atoms with Crippen molar-refractivity contribution in [2.24, 2.45) is 16.2 Å². The Morgan fingerprint density at radius 1 is 0.490 bits per heavy atom. The van der Waals surface area contributed by atoms with Crippen molar-refractivity contribution in [2.75, 3.05) is 149 Å². The maximum absolute atomic E-state index is 15.7. The molecular weight excluding hydrogens is 1380 g/mol. The monoisotopic (exact) mass is 1470 g/mol. The molecule has 0 aliphatic carbocycles. The van der Waals surface area contributed by atoms with Crippen LogP contribution in [-0.4, -0.2) is 160 Å². The minimum Gasteiger partial charge on any atom is -0.381 e. The Morgan fingerprint density at radius 2 is 0.827 bits per heavy atom. The lowest BCUT2D eigenvalue weighted by Gasteiger charge is -2.37. The molecule has 104 heavy (non-hydrogen) atoms. The molecule has 3 atom stereocenters. The number of unbranched alkanes of at least 4 members (excludes halogenated alkanes) is 1. The number of benzene rings is 3. The zero-order chi connectivity index (χ0) is 74.3. The highest BCUT2D eigenvalue weighted by Gasteiger charge is 2.42. The van der Waals surface area contributed by atoms with Gasteiger partial charge in [0.1, 0.15) is 30.5 Å². The molecule has 562 valence electrons. The van der Waals surface area contributed by atoms with Crippen LogP contribution in [0.5, 0.6) is 0 Å². The van der Waals surface area contributed by atoms with Crippen molar-refractivity contribution in [1.29, 1.82) is 5.26 Å². The lowest BCUT2D eigenvalue weighted by molar-refractivity contribution is -0.138. The Morgan fingerprint density at radius 3 is 1.16 bits per heavy atom. The van der Waals surface area contributed by atoms with Crippen LogP contribution in [0.2, 0.25) is 0 Å². The van der Waals surface area contributed by atoms with E-state index in [2.05, 4.69) is 51.9 Å². The maximum atomic E-state index is 15.7. The van der Waals surface area contributed by atoms with Gasteiger partial charge in [-0.2, -0.15) is 44.8 Å². The third-order valence-electron chi connectivity index (χ3n) is 20.0. The summed E-state index contributed by atoms with van der Waals surface area (Å²) in [4.78, 5) is 55.1. The number of morpholine rings is 3. The number of rotatable bonds is 21. The molecule has 6 fully saturated rings. The Balaban J connectivity index is 0.000000168. The molecule has 0 bridgehead atoms. The van der Waals surface area contributed by atoms with Gasteiger partial charge in [0.15, 0.2) is 34.9 Å². The fourth-order valence-electron chi connectivity index (χ4n) is 13.4. The fourth-order valence-corrected chi connectivity index (χ4v) is 13.4. The van der Waals surface area contributed by atoms with Crippen LogP contribution in [0.1, 0.15) is 130 Å². The van der Waals surface area contributed by atoms with Crippen LogP contribution in [0.3, 0.4) is 0 Å². The van der Waals surface area contributed by atoms with E-state index in [-0.39, 0.29) is 91.5 Å². The molecule has 21 nitrogen and oxygen atoms in total. The number of ether oxygens (including phenoxy) is 6. The van der Waals surface area contributed by atoms with Crippen molar-refractivity contribution in [3.05, 3.63) is 143 Å². The van der Waals surface area contributed by atoms with Crippen molar-refractivity contribution >= 4 is 46.5 Å². The molecule has 6 aromatic rings. The number of ketones is 2. The van der Waals surface area contributed by atoms with Gasteiger partial charge in [-0.25, -0.2) is 38.7 Å². The van der Waals surface area contributed by atoms with E-state index >= 15 is 13.2 Å².